The summed E-state index contributed by atoms with van der Waals surface area (Å²) < 4.78 is 27.5. The minimum absolute atomic E-state index is 0.471. The van der Waals surface area contributed by atoms with Crippen LogP contribution >= 0.6 is 0 Å². The van der Waals surface area contributed by atoms with Crippen LogP contribution in [0.2, 0.25) is 0 Å². The molecule has 0 aromatic heterocycles. The van der Waals surface area contributed by atoms with Crippen molar-refractivity contribution < 1.29 is 13.6 Å². The van der Waals surface area contributed by atoms with E-state index < -0.39 is 23.1 Å². The molecule has 6 heteroatoms. The van der Waals surface area contributed by atoms with Crippen LogP contribution in [0.4, 0.5) is 14.5 Å². The van der Waals surface area contributed by atoms with Gasteiger partial charge in [-0.2, -0.15) is 0 Å². The predicted molar refractivity (Wildman–Crippen MR) is 130 cm³/mol. The predicted octanol–water partition coefficient (Wildman–Crippen LogP) is 6.73. The maximum absolute atomic E-state index is 13.8. The molecule has 170 valence electrons. The van der Waals surface area contributed by atoms with Gasteiger partial charge in [0.15, 0.2) is 0 Å². The van der Waals surface area contributed by atoms with E-state index in [2.05, 4.69) is 22.1 Å². The summed E-state index contributed by atoms with van der Waals surface area (Å²) in [6.07, 6.45) is 9.57. The van der Waals surface area contributed by atoms with Crippen molar-refractivity contribution in [2.75, 3.05) is 18.4 Å². The van der Waals surface area contributed by atoms with Gasteiger partial charge < -0.3 is 10.2 Å². The van der Waals surface area contributed by atoms with Crippen molar-refractivity contribution in [3.8, 4) is 0 Å². The lowest BCUT2D eigenvalue weighted by molar-refractivity contribution is -0.112. The average molecular weight is 440 g/mol. The zero-order valence-corrected chi connectivity index (χ0v) is 19.4. The van der Waals surface area contributed by atoms with Gasteiger partial charge in [-0.05, 0) is 70.4 Å². The molecule has 0 unspecified atom stereocenters. The van der Waals surface area contributed by atoms with E-state index in [0.29, 0.717) is 5.69 Å². The number of aliphatic imine (C=N–C) groups is 1. The molecule has 1 aromatic carbocycles. The fourth-order valence-electron chi connectivity index (χ4n) is 3.39. The van der Waals surface area contributed by atoms with Gasteiger partial charge in [0, 0.05) is 25.0 Å². The summed E-state index contributed by atoms with van der Waals surface area (Å²) in [4.78, 5) is 19.1. The third-order valence-corrected chi connectivity index (χ3v) is 5.28. The molecular formula is C26H31F2N3O. The van der Waals surface area contributed by atoms with Crippen LogP contribution in [0.5, 0.6) is 0 Å². The van der Waals surface area contributed by atoms with Gasteiger partial charge in [-0.25, -0.2) is 13.8 Å². The van der Waals surface area contributed by atoms with E-state index in [1.54, 1.807) is 18.3 Å². The van der Waals surface area contributed by atoms with E-state index in [9.17, 15) is 13.6 Å². The highest BCUT2D eigenvalue weighted by Gasteiger charge is 2.20. The standard InChI is InChI=1S/C26H31F2N3O/c1-6-8-9-15-29-20(5)31-16-14-18(3)23(17-31)21-10-12-22(13-11-21)30-26(32)25(19(4)27)24(28)7-2/h6-13,15H,14,16-17H2,1-5H3,(H,30,32)/b8-6+,15-9-,24-7+,25-19-,29-20?. The molecule has 1 aromatic rings. The number of amides is 1. The summed E-state index contributed by atoms with van der Waals surface area (Å²) in [7, 11) is 0. The van der Waals surface area contributed by atoms with Crippen molar-refractivity contribution in [2.45, 2.75) is 41.0 Å². The molecule has 0 fully saturated rings. The molecule has 0 aliphatic carbocycles. The average Bonchev–Trinajstić information content (AvgIpc) is 2.77. The summed E-state index contributed by atoms with van der Waals surface area (Å²) in [5, 5.41) is 2.56. The Kier molecular flexibility index (Phi) is 9.32. The number of rotatable bonds is 6. The number of allylic oxidation sites excluding steroid dienone is 5. The fourth-order valence-corrected chi connectivity index (χ4v) is 3.39. The van der Waals surface area contributed by atoms with E-state index in [1.165, 1.54) is 18.1 Å². The molecule has 0 saturated heterocycles. The second-order valence-corrected chi connectivity index (χ2v) is 7.55. The third kappa shape index (κ3) is 6.61. The van der Waals surface area contributed by atoms with Crippen LogP contribution < -0.4 is 5.32 Å². The van der Waals surface area contributed by atoms with Crippen molar-refractivity contribution in [1.29, 1.82) is 0 Å². The maximum atomic E-state index is 13.8. The van der Waals surface area contributed by atoms with Gasteiger partial charge in [0.1, 0.15) is 23.1 Å². The first-order valence-electron chi connectivity index (χ1n) is 10.6. The molecule has 1 heterocycles. The fraction of sp³-hybridized carbons (Fsp3) is 0.308. The van der Waals surface area contributed by atoms with E-state index in [4.69, 9.17) is 0 Å². The van der Waals surface area contributed by atoms with E-state index in [0.717, 1.165) is 43.9 Å². The van der Waals surface area contributed by atoms with Crippen LogP contribution in [0.1, 0.15) is 46.6 Å². The van der Waals surface area contributed by atoms with Gasteiger partial charge in [0.05, 0.1) is 0 Å². The summed E-state index contributed by atoms with van der Waals surface area (Å²) >= 11 is 0. The summed E-state index contributed by atoms with van der Waals surface area (Å²) in [5.74, 6) is -1.62. The van der Waals surface area contributed by atoms with Gasteiger partial charge in [-0.1, -0.05) is 35.9 Å². The van der Waals surface area contributed by atoms with Gasteiger partial charge in [-0.15, -0.1) is 0 Å². The Morgan fingerprint density at radius 1 is 1.12 bits per heavy atom. The number of hydrogen-bond acceptors (Lipinski definition) is 2. The summed E-state index contributed by atoms with van der Waals surface area (Å²) in [5.41, 5.74) is 3.44. The first kappa shape index (κ1) is 25.0. The second kappa shape index (κ2) is 11.9. The van der Waals surface area contributed by atoms with E-state index in [-0.39, 0.29) is 0 Å². The lowest BCUT2D eigenvalue weighted by Gasteiger charge is -2.31. The number of nitrogens with zero attached hydrogens (tertiary/aromatic N) is 2. The Bertz CT molecular complexity index is 1010. The number of benzene rings is 1. The van der Waals surface area contributed by atoms with Crippen molar-refractivity contribution in [3.05, 3.63) is 83.1 Å². The van der Waals surface area contributed by atoms with Gasteiger partial charge in [0.2, 0.25) is 0 Å². The third-order valence-electron chi connectivity index (χ3n) is 5.28. The van der Waals surface area contributed by atoms with Crippen molar-refractivity contribution in [3.63, 3.8) is 0 Å². The van der Waals surface area contributed by atoms with Crippen LogP contribution in [-0.2, 0) is 4.79 Å². The van der Waals surface area contributed by atoms with Crippen LogP contribution in [-0.4, -0.2) is 29.7 Å². The van der Waals surface area contributed by atoms with E-state index >= 15 is 0 Å². The molecule has 0 atom stereocenters. The molecule has 1 amide bonds. The van der Waals surface area contributed by atoms with Gasteiger partial charge in [-0.3, -0.25) is 4.79 Å². The van der Waals surface area contributed by atoms with Crippen LogP contribution in [0.15, 0.2) is 82.6 Å². The highest BCUT2D eigenvalue weighted by Crippen LogP contribution is 2.28. The highest BCUT2D eigenvalue weighted by atomic mass is 19.1. The lowest BCUT2D eigenvalue weighted by Crippen LogP contribution is -2.34. The molecule has 1 N–H and O–H groups in total. The first-order chi connectivity index (χ1) is 15.3. The van der Waals surface area contributed by atoms with Crippen molar-refractivity contribution in [2.24, 2.45) is 4.99 Å². The number of anilines is 1. The van der Waals surface area contributed by atoms with Crippen molar-refractivity contribution in [1.82, 2.24) is 4.90 Å². The Labute approximate surface area is 189 Å². The molecule has 0 spiro atoms. The lowest BCUT2D eigenvalue weighted by atomic mass is 9.94. The second-order valence-electron chi connectivity index (χ2n) is 7.55. The highest BCUT2D eigenvalue weighted by molar-refractivity contribution is 6.06. The zero-order valence-electron chi connectivity index (χ0n) is 19.4. The Balaban J connectivity index is 2.16. The molecule has 4 nitrogen and oxygen atoms in total. The first-order valence-corrected chi connectivity index (χ1v) is 10.6. The van der Waals surface area contributed by atoms with Crippen LogP contribution in [0, 0.1) is 0 Å². The van der Waals surface area contributed by atoms with E-state index in [1.807, 2.05) is 44.2 Å². The monoisotopic (exact) mass is 439 g/mol. The number of amidine groups is 1. The number of carbonyl (C=O) groups is 1. The number of halogens is 2. The molecular weight excluding hydrogens is 408 g/mol. The van der Waals surface area contributed by atoms with Crippen molar-refractivity contribution >= 4 is 23.0 Å². The van der Waals surface area contributed by atoms with Crippen LogP contribution in [0.3, 0.4) is 0 Å². The SMILES string of the molecule is C/C=C/C=C\N=C(C)N1CCC(C)=C(c2ccc(NC(=O)C(/C(F)=C\C)=C(/C)F)cc2)C1. The maximum Gasteiger partial charge on any atom is 0.261 e. The van der Waals surface area contributed by atoms with Crippen LogP contribution in [0.25, 0.3) is 5.57 Å². The normalized spacial score (nSPS) is 16.8. The molecule has 0 saturated carbocycles. The Hall–Kier alpha value is -3.28. The Morgan fingerprint density at radius 2 is 1.81 bits per heavy atom. The molecule has 2 rings (SSSR count). The number of hydrogen-bond donors (Lipinski definition) is 1. The molecule has 32 heavy (non-hydrogen) atoms. The molecule has 1 aliphatic rings. The largest absolute Gasteiger partial charge is 0.356 e. The smallest absolute Gasteiger partial charge is 0.261 e. The number of nitrogens with one attached hydrogen (secondary N) is 1. The minimum atomic E-state index is -0.889. The van der Waals surface area contributed by atoms with Gasteiger partial charge in [0.25, 0.3) is 5.91 Å². The molecule has 1 aliphatic heterocycles. The topological polar surface area (TPSA) is 44.7 Å². The summed E-state index contributed by atoms with van der Waals surface area (Å²) in [6.45, 7) is 10.2. The minimum Gasteiger partial charge on any atom is -0.356 e. The van der Waals surface area contributed by atoms with Gasteiger partial charge >= 0.3 is 0 Å². The molecule has 0 bridgehead atoms. The zero-order chi connectivity index (χ0) is 23.7. The Morgan fingerprint density at radius 3 is 2.41 bits per heavy atom. The number of carbonyl (C=O) groups excluding carboxylic acids is 1. The summed E-state index contributed by atoms with van der Waals surface area (Å²) in [6, 6.07) is 7.31. The molecule has 0 radical (unpaired) electrons. The quantitative estimate of drug-likeness (QED) is 0.231.